The third-order valence-corrected chi connectivity index (χ3v) is 3.45. The van der Waals surface area contributed by atoms with Gasteiger partial charge in [0.15, 0.2) is 5.76 Å². The summed E-state index contributed by atoms with van der Waals surface area (Å²) in [5.41, 5.74) is 2.21. The second-order valence-electron chi connectivity index (χ2n) is 5.10. The summed E-state index contributed by atoms with van der Waals surface area (Å²) in [6, 6.07) is 10.4. The van der Waals surface area contributed by atoms with Crippen molar-refractivity contribution in [1.29, 1.82) is 0 Å². The summed E-state index contributed by atoms with van der Waals surface area (Å²) in [6.07, 6.45) is 3.26. The SMILES string of the molecule is CCCc1cc(=O)[nH]c2cc(NC(=O)c3ccco3)ccc12. The normalized spacial score (nSPS) is 10.8. The van der Waals surface area contributed by atoms with Crippen LogP contribution >= 0.6 is 0 Å². The number of pyridine rings is 1. The molecule has 0 saturated carbocycles. The monoisotopic (exact) mass is 296 g/mol. The van der Waals surface area contributed by atoms with E-state index in [1.807, 2.05) is 12.1 Å². The highest BCUT2D eigenvalue weighted by Crippen LogP contribution is 2.21. The number of amides is 1. The molecular formula is C17H16N2O3. The first-order chi connectivity index (χ1) is 10.7. The molecule has 5 nitrogen and oxygen atoms in total. The minimum absolute atomic E-state index is 0.134. The lowest BCUT2D eigenvalue weighted by Crippen LogP contribution is -2.11. The van der Waals surface area contributed by atoms with Crippen LogP contribution in [0.2, 0.25) is 0 Å². The number of rotatable bonds is 4. The van der Waals surface area contributed by atoms with Gasteiger partial charge in [-0.1, -0.05) is 19.4 Å². The Balaban J connectivity index is 1.96. The number of anilines is 1. The Hall–Kier alpha value is -2.82. The Labute approximate surface area is 127 Å². The van der Waals surface area contributed by atoms with Crippen molar-refractivity contribution in [2.45, 2.75) is 19.8 Å². The van der Waals surface area contributed by atoms with E-state index < -0.39 is 0 Å². The first-order valence-electron chi connectivity index (χ1n) is 7.18. The van der Waals surface area contributed by atoms with Gasteiger partial charge < -0.3 is 14.7 Å². The van der Waals surface area contributed by atoms with Gasteiger partial charge in [-0.2, -0.15) is 0 Å². The lowest BCUT2D eigenvalue weighted by atomic mass is 10.0. The molecular weight excluding hydrogens is 280 g/mol. The van der Waals surface area contributed by atoms with Crippen molar-refractivity contribution >= 4 is 22.5 Å². The highest BCUT2D eigenvalue weighted by molar-refractivity contribution is 6.03. The standard InChI is InChI=1S/C17H16N2O3/c1-2-4-11-9-16(20)19-14-10-12(6-7-13(11)14)18-17(21)15-5-3-8-22-15/h3,5-10H,2,4H2,1H3,(H,18,21)(H,19,20). The Morgan fingerprint density at radius 1 is 1.27 bits per heavy atom. The Bertz CT molecular complexity index is 863. The molecule has 0 fully saturated rings. The van der Waals surface area contributed by atoms with E-state index in [0.29, 0.717) is 11.2 Å². The van der Waals surface area contributed by atoms with E-state index >= 15 is 0 Å². The highest BCUT2D eigenvalue weighted by atomic mass is 16.3. The molecule has 0 radical (unpaired) electrons. The van der Waals surface area contributed by atoms with Gasteiger partial charge in [0.1, 0.15) is 0 Å². The van der Waals surface area contributed by atoms with Crippen LogP contribution in [0.4, 0.5) is 5.69 Å². The van der Waals surface area contributed by atoms with Crippen LogP contribution < -0.4 is 10.9 Å². The molecule has 1 aromatic carbocycles. The molecule has 2 N–H and O–H groups in total. The molecule has 22 heavy (non-hydrogen) atoms. The molecule has 0 aliphatic rings. The average molecular weight is 296 g/mol. The maximum absolute atomic E-state index is 12.0. The Morgan fingerprint density at radius 3 is 2.86 bits per heavy atom. The van der Waals surface area contributed by atoms with Crippen molar-refractivity contribution < 1.29 is 9.21 Å². The predicted octanol–water partition coefficient (Wildman–Crippen LogP) is 3.33. The van der Waals surface area contributed by atoms with Crippen LogP contribution in [0.25, 0.3) is 10.9 Å². The van der Waals surface area contributed by atoms with E-state index in [1.54, 1.807) is 24.3 Å². The van der Waals surface area contributed by atoms with E-state index in [0.717, 1.165) is 23.8 Å². The molecule has 0 saturated heterocycles. The number of nitrogens with one attached hydrogen (secondary N) is 2. The molecule has 0 aliphatic heterocycles. The van der Waals surface area contributed by atoms with Crippen LogP contribution in [0.3, 0.4) is 0 Å². The number of aromatic amines is 1. The van der Waals surface area contributed by atoms with Gasteiger partial charge in [0.25, 0.3) is 5.91 Å². The van der Waals surface area contributed by atoms with Crippen LogP contribution in [0.15, 0.2) is 51.9 Å². The second-order valence-corrected chi connectivity index (χ2v) is 5.10. The van der Waals surface area contributed by atoms with Crippen LogP contribution in [0, 0.1) is 0 Å². The van der Waals surface area contributed by atoms with E-state index in [-0.39, 0.29) is 17.2 Å². The molecule has 3 rings (SSSR count). The summed E-state index contributed by atoms with van der Waals surface area (Å²) in [7, 11) is 0. The smallest absolute Gasteiger partial charge is 0.291 e. The van der Waals surface area contributed by atoms with E-state index in [1.165, 1.54) is 6.26 Å². The number of aryl methyl sites for hydroxylation is 1. The summed E-state index contributed by atoms with van der Waals surface area (Å²) in [5.74, 6) is -0.0790. The number of hydrogen-bond donors (Lipinski definition) is 2. The van der Waals surface area contributed by atoms with Crippen LogP contribution in [0.5, 0.6) is 0 Å². The minimum Gasteiger partial charge on any atom is -0.459 e. The van der Waals surface area contributed by atoms with Gasteiger partial charge in [-0.15, -0.1) is 0 Å². The molecule has 112 valence electrons. The fourth-order valence-corrected chi connectivity index (χ4v) is 2.49. The number of carbonyl (C=O) groups is 1. The number of aromatic nitrogens is 1. The lowest BCUT2D eigenvalue weighted by Gasteiger charge is -2.08. The van der Waals surface area contributed by atoms with Crippen molar-refractivity contribution in [3.05, 3.63) is 64.3 Å². The number of carbonyl (C=O) groups excluding carboxylic acids is 1. The summed E-state index contributed by atoms with van der Waals surface area (Å²) in [4.78, 5) is 26.5. The van der Waals surface area contributed by atoms with E-state index in [2.05, 4.69) is 17.2 Å². The van der Waals surface area contributed by atoms with Crippen molar-refractivity contribution in [3.8, 4) is 0 Å². The zero-order valence-corrected chi connectivity index (χ0v) is 12.2. The van der Waals surface area contributed by atoms with Gasteiger partial charge in [0.05, 0.1) is 11.8 Å². The van der Waals surface area contributed by atoms with Gasteiger partial charge in [0, 0.05) is 17.1 Å². The molecule has 0 aliphatic carbocycles. The topological polar surface area (TPSA) is 75.1 Å². The number of benzene rings is 1. The number of furan rings is 1. The van der Waals surface area contributed by atoms with Crippen LogP contribution in [-0.2, 0) is 6.42 Å². The molecule has 2 aromatic heterocycles. The molecule has 0 spiro atoms. The van der Waals surface area contributed by atoms with E-state index in [4.69, 9.17) is 4.42 Å². The number of H-pyrrole nitrogens is 1. The van der Waals surface area contributed by atoms with Gasteiger partial charge in [-0.25, -0.2) is 0 Å². The van der Waals surface area contributed by atoms with E-state index in [9.17, 15) is 9.59 Å². The number of hydrogen-bond acceptors (Lipinski definition) is 3. The molecule has 1 amide bonds. The maximum atomic E-state index is 12.0. The van der Waals surface area contributed by atoms with Crippen molar-refractivity contribution in [1.82, 2.24) is 4.98 Å². The zero-order chi connectivity index (χ0) is 15.5. The summed E-state index contributed by atoms with van der Waals surface area (Å²) < 4.78 is 5.06. The fraction of sp³-hybridized carbons (Fsp3) is 0.176. The summed E-state index contributed by atoms with van der Waals surface area (Å²) in [5, 5.41) is 3.75. The minimum atomic E-state index is -0.323. The van der Waals surface area contributed by atoms with Gasteiger partial charge in [-0.3, -0.25) is 9.59 Å². The third kappa shape index (κ3) is 2.79. The fourth-order valence-electron chi connectivity index (χ4n) is 2.49. The van der Waals surface area contributed by atoms with Crippen molar-refractivity contribution in [3.63, 3.8) is 0 Å². The summed E-state index contributed by atoms with van der Waals surface area (Å²) >= 11 is 0. The molecule has 2 heterocycles. The molecule has 0 atom stereocenters. The molecule has 0 bridgehead atoms. The highest BCUT2D eigenvalue weighted by Gasteiger charge is 2.10. The van der Waals surface area contributed by atoms with Gasteiger partial charge in [-0.05, 0) is 36.2 Å². The van der Waals surface area contributed by atoms with Crippen LogP contribution in [0.1, 0.15) is 29.5 Å². The summed E-state index contributed by atoms with van der Waals surface area (Å²) in [6.45, 7) is 2.07. The predicted molar refractivity (Wildman–Crippen MR) is 85.2 cm³/mol. The van der Waals surface area contributed by atoms with Crippen LogP contribution in [-0.4, -0.2) is 10.9 Å². The zero-order valence-electron chi connectivity index (χ0n) is 12.2. The molecule has 5 heteroatoms. The molecule has 0 unspecified atom stereocenters. The average Bonchev–Trinajstić information content (AvgIpc) is 3.01. The number of fused-ring (bicyclic) bond motifs is 1. The van der Waals surface area contributed by atoms with Gasteiger partial charge in [0.2, 0.25) is 5.56 Å². The first-order valence-corrected chi connectivity index (χ1v) is 7.18. The molecule has 3 aromatic rings. The van der Waals surface area contributed by atoms with Crippen molar-refractivity contribution in [2.24, 2.45) is 0 Å². The lowest BCUT2D eigenvalue weighted by molar-refractivity contribution is 0.0996. The maximum Gasteiger partial charge on any atom is 0.291 e. The van der Waals surface area contributed by atoms with Crippen molar-refractivity contribution in [2.75, 3.05) is 5.32 Å². The quantitative estimate of drug-likeness (QED) is 0.775. The third-order valence-electron chi connectivity index (χ3n) is 3.45. The van der Waals surface area contributed by atoms with Gasteiger partial charge >= 0.3 is 0 Å². The Morgan fingerprint density at radius 2 is 2.14 bits per heavy atom. The largest absolute Gasteiger partial charge is 0.459 e. The second kappa shape index (κ2) is 5.89. The first kappa shape index (κ1) is 14.1. The Kier molecular flexibility index (Phi) is 3.78.